The second-order valence-corrected chi connectivity index (χ2v) is 7.07. The van der Waals surface area contributed by atoms with Gasteiger partial charge in [0.25, 0.3) is 10.0 Å². The summed E-state index contributed by atoms with van der Waals surface area (Å²) in [6.45, 7) is 3.65. The number of benzene rings is 1. The fraction of sp³-hybridized carbons (Fsp3) is 0.333. The molecule has 0 spiro atoms. The smallest absolute Gasteiger partial charge is 0.342 e. The average Bonchev–Trinajstić information content (AvgIpc) is 3.11. The summed E-state index contributed by atoms with van der Waals surface area (Å²) in [5.74, 6) is -0.708. The number of hydrogen-bond donors (Lipinski definition) is 1. The van der Waals surface area contributed by atoms with Gasteiger partial charge in [0.1, 0.15) is 5.56 Å². The number of aromatic nitrogens is 2. The van der Waals surface area contributed by atoms with Gasteiger partial charge in [-0.05, 0) is 31.9 Å². The number of aromatic amines is 1. The number of esters is 1. The fourth-order valence-electron chi connectivity index (χ4n) is 2.83. The van der Waals surface area contributed by atoms with Crippen molar-refractivity contribution in [2.75, 3.05) is 10.9 Å². The highest BCUT2D eigenvalue weighted by atomic mass is 32.2. The first kappa shape index (κ1) is 15.5. The molecule has 1 N–H and O–H groups in total. The summed E-state index contributed by atoms with van der Waals surface area (Å²) in [5, 5.41) is 5.91. The Bertz CT molecular complexity index is 844. The minimum Gasteiger partial charge on any atom is -0.462 e. The number of H-pyrrole nitrogens is 1. The molecule has 0 fully saturated rings. The van der Waals surface area contributed by atoms with Crippen LogP contribution >= 0.6 is 0 Å². The Morgan fingerprint density at radius 3 is 2.91 bits per heavy atom. The highest BCUT2D eigenvalue weighted by molar-refractivity contribution is 7.92. The first-order valence-electron chi connectivity index (χ1n) is 7.29. The SMILES string of the molecule is CCOC(=O)c1cn[nH]c1S(=O)(=O)N1c2ccccc2C[C@H]1C. The van der Waals surface area contributed by atoms with Crippen LogP contribution in [-0.4, -0.2) is 37.2 Å². The molecule has 1 aliphatic heterocycles. The van der Waals surface area contributed by atoms with Gasteiger partial charge in [0.2, 0.25) is 0 Å². The number of nitrogens with zero attached hydrogens (tertiary/aromatic N) is 2. The number of anilines is 1. The van der Waals surface area contributed by atoms with Crippen LogP contribution in [0.1, 0.15) is 29.8 Å². The second-order valence-electron chi connectivity index (χ2n) is 5.32. The summed E-state index contributed by atoms with van der Waals surface area (Å²) in [6.07, 6.45) is 1.80. The molecule has 0 saturated heterocycles. The lowest BCUT2D eigenvalue weighted by atomic mass is 10.1. The van der Waals surface area contributed by atoms with Gasteiger partial charge in [0.05, 0.1) is 18.5 Å². The third-order valence-corrected chi connectivity index (χ3v) is 5.66. The molecule has 8 heteroatoms. The molecule has 7 nitrogen and oxygen atoms in total. The summed E-state index contributed by atoms with van der Waals surface area (Å²) in [7, 11) is -3.94. The van der Waals surface area contributed by atoms with Crippen molar-refractivity contribution in [2.45, 2.75) is 31.3 Å². The summed E-state index contributed by atoms with van der Waals surface area (Å²) < 4.78 is 32.3. The van der Waals surface area contributed by atoms with Crippen molar-refractivity contribution in [3.8, 4) is 0 Å². The Hall–Kier alpha value is -2.35. The molecule has 1 aliphatic rings. The van der Waals surface area contributed by atoms with Crippen molar-refractivity contribution in [3.63, 3.8) is 0 Å². The molecule has 0 bridgehead atoms. The minimum atomic E-state index is -3.94. The number of carbonyl (C=O) groups is 1. The zero-order valence-corrected chi connectivity index (χ0v) is 13.6. The monoisotopic (exact) mass is 335 g/mol. The van der Waals surface area contributed by atoms with E-state index in [4.69, 9.17) is 4.74 Å². The van der Waals surface area contributed by atoms with Crippen LogP contribution in [0.3, 0.4) is 0 Å². The molecular formula is C15H17N3O4S. The molecule has 2 heterocycles. The fourth-order valence-corrected chi connectivity index (χ4v) is 4.59. The number of rotatable bonds is 4. The Labute approximate surface area is 134 Å². The molecule has 23 heavy (non-hydrogen) atoms. The first-order valence-corrected chi connectivity index (χ1v) is 8.73. The van der Waals surface area contributed by atoms with Crippen LogP contribution in [0.4, 0.5) is 5.69 Å². The number of sulfonamides is 1. The number of hydrogen-bond acceptors (Lipinski definition) is 5. The molecule has 0 saturated carbocycles. The van der Waals surface area contributed by atoms with Crippen LogP contribution < -0.4 is 4.31 Å². The van der Waals surface area contributed by atoms with Crippen molar-refractivity contribution in [1.29, 1.82) is 0 Å². The number of ether oxygens (including phenoxy) is 1. The third kappa shape index (κ3) is 2.48. The van der Waals surface area contributed by atoms with E-state index in [2.05, 4.69) is 10.2 Å². The number of carbonyl (C=O) groups excluding carboxylic acids is 1. The van der Waals surface area contributed by atoms with Gasteiger partial charge >= 0.3 is 5.97 Å². The van der Waals surface area contributed by atoms with Gasteiger partial charge < -0.3 is 4.74 Å². The van der Waals surface area contributed by atoms with Gasteiger partial charge in [0.15, 0.2) is 5.03 Å². The zero-order chi connectivity index (χ0) is 16.6. The van der Waals surface area contributed by atoms with Gasteiger partial charge in [-0.2, -0.15) is 13.5 Å². The van der Waals surface area contributed by atoms with Gasteiger partial charge in [-0.1, -0.05) is 18.2 Å². The van der Waals surface area contributed by atoms with Crippen LogP contribution in [0, 0.1) is 0 Å². The summed E-state index contributed by atoms with van der Waals surface area (Å²) in [4.78, 5) is 12.0. The largest absolute Gasteiger partial charge is 0.462 e. The number of nitrogens with one attached hydrogen (secondary N) is 1. The normalized spacial score (nSPS) is 17.1. The number of para-hydroxylation sites is 1. The number of fused-ring (bicyclic) bond motifs is 1. The van der Waals surface area contributed by atoms with E-state index in [1.54, 1.807) is 19.1 Å². The van der Waals surface area contributed by atoms with Crippen LogP contribution in [0.25, 0.3) is 0 Å². The molecule has 0 amide bonds. The second kappa shape index (κ2) is 5.69. The highest BCUT2D eigenvalue weighted by Gasteiger charge is 2.39. The molecule has 1 aromatic carbocycles. The summed E-state index contributed by atoms with van der Waals surface area (Å²) in [6, 6.07) is 7.09. The Kier molecular flexibility index (Phi) is 3.85. The lowest BCUT2D eigenvalue weighted by molar-refractivity contribution is 0.0522. The van der Waals surface area contributed by atoms with Gasteiger partial charge in [-0.3, -0.25) is 9.40 Å². The lowest BCUT2D eigenvalue weighted by Crippen LogP contribution is -2.36. The van der Waals surface area contributed by atoms with Crippen LogP contribution in [0.15, 0.2) is 35.5 Å². The molecule has 122 valence electrons. The van der Waals surface area contributed by atoms with Gasteiger partial charge in [0, 0.05) is 6.04 Å². The topological polar surface area (TPSA) is 92.4 Å². The van der Waals surface area contributed by atoms with Crippen molar-refractivity contribution >= 4 is 21.7 Å². The van der Waals surface area contributed by atoms with Crippen molar-refractivity contribution in [1.82, 2.24) is 10.2 Å². The molecule has 3 rings (SSSR count). The molecule has 0 aliphatic carbocycles. The maximum Gasteiger partial charge on any atom is 0.342 e. The van der Waals surface area contributed by atoms with E-state index < -0.39 is 16.0 Å². The first-order chi connectivity index (χ1) is 11.0. The van der Waals surface area contributed by atoms with E-state index in [0.717, 1.165) is 5.56 Å². The summed E-state index contributed by atoms with van der Waals surface area (Å²) >= 11 is 0. The van der Waals surface area contributed by atoms with E-state index in [0.29, 0.717) is 12.1 Å². The average molecular weight is 335 g/mol. The lowest BCUT2D eigenvalue weighted by Gasteiger charge is -2.23. The molecular weight excluding hydrogens is 318 g/mol. The predicted octanol–water partition coefficient (Wildman–Crippen LogP) is 1.73. The maximum atomic E-state index is 13.0. The van der Waals surface area contributed by atoms with E-state index in [9.17, 15) is 13.2 Å². The quantitative estimate of drug-likeness (QED) is 0.859. The predicted molar refractivity (Wildman–Crippen MR) is 83.8 cm³/mol. The standard InChI is InChI=1S/C15H17N3O4S/c1-3-22-15(19)12-9-16-17-14(12)23(20,21)18-10(2)8-11-6-4-5-7-13(11)18/h4-7,9-10H,3,8H2,1-2H3,(H,16,17)/t10-/m1/s1. The summed E-state index contributed by atoms with van der Waals surface area (Å²) in [5.41, 5.74) is 1.51. The van der Waals surface area contributed by atoms with Gasteiger partial charge in [-0.15, -0.1) is 0 Å². The van der Waals surface area contributed by atoms with Crippen molar-refractivity contribution < 1.29 is 17.9 Å². The third-order valence-electron chi connectivity index (χ3n) is 3.76. The molecule has 0 radical (unpaired) electrons. The Morgan fingerprint density at radius 2 is 2.17 bits per heavy atom. The van der Waals surface area contributed by atoms with E-state index in [-0.39, 0.29) is 23.2 Å². The van der Waals surface area contributed by atoms with Crippen LogP contribution in [-0.2, 0) is 21.2 Å². The Balaban J connectivity index is 2.07. The Morgan fingerprint density at radius 1 is 1.43 bits per heavy atom. The van der Waals surface area contributed by atoms with Crippen LogP contribution in [0.5, 0.6) is 0 Å². The van der Waals surface area contributed by atoms with Crippen LogP contribution in [0.2, 0.25) is 0 Å². The molecule has 1 atom stereocenters. The van der Waals surface area contributed by atoms with Crippen molar-refractivity contribution in [2.24, 2.45) is 0 Å². The van der Waals surface area contributed by atoms with E-state index in [1.165, 1.54) is 10.5 Å². The van der Waals surface area contributed by atoms with E-state index >= 15 is 0 Å². The minimum absolute atomic E-state index is 0.0802. The highest BCUT2D eigenvalue weighted by Crippen LogP contribution is 2.36. The van der Waals surface area contributed by atoms with Gasteiger partial charge in [-0.25, -0.2) is 4.79 Å². The molecule has 2 aromatic rings. The zero-order valence-electron chi connectivity index (χ0n) is 12.8. The van der Waals surface area contributed by atoms with Crippen molar-refractivity contribution in [3.05, 3.63) is 41.6 Å². The maximum absolute atomic E-state index is 13.0. The molecule has 0 unspecified atom stereocenters. The molecule has 1 aromatic heterocycles. The van der Waals surface area contributed by atoms with E-state index in [1.807, 2.05) is 19.1 Å².